The van der Waals surface area contributed by atoms with E-state index in [0.29, 0.717) is 18.7 Å². The van der Waals surface area contributed by atoms with Gasteiger partial charge in [0.15, 0.2) is 0 Å². The summed E-state index contributed by atoms with van der Waals surface area (Å²) in [4.78, 5) is 13.3. The van der Waals surface area contributed by atoms with Crippen molar-refractivity contribution in [2.45, 2.75) is 45.4 Å². The van der Waals surface area contributed by atoms with E-state index in [0.717, 1.165) is 32.3 Å². The number of ether oxygens (including phenoxy) is 1. The molecule has 0 aromatic heterocycles. The number of hydrogen-bond donors (Lipinski definition) is 0. The third kappa shape index (κ3) is 5.19. The number of aryl methyl sites for hydroxylation is 3. The lowest BCUT2D eigenvalue weighted by atomic mass is 10.1. The van der Waals surface area contributed by atoms with Gasteiger partial charge in [-0.15, -0.1) is 0 Å². The summed E-state index contributed by atoms with van der Waals surface area (Å²) >= 11 is 0. The van der Waals surface area contributed by atoms with Gasteiger partial charge in [0.25, 0.3) is 10.0 Å². The van der Waals surface area contributed by atoms with Gasteiger partial charge in [-0.2, -0.15) is 0 Å². The van der Waals surface area contributed by atoms with Gasteiger partial charge in [-0.1, -0.05) is 48.0 Å². The average Bonchev–Trinajstić information content (AvgIpc) is 2.76. The Labute approximate surface area is 190 Å². The minimum Gasteiger partial charge on any atom is -0.493 e. The molecule has 0 atom stereocenters. The SMILES string of the molecule is Cc1ccc(OCCCC(=O)N(c2cccc(C)c2C)S(=O)(=O)c2ccccc2)c(C)c1. The predicted molar refractivity (Wildman–Crippen MR) is 128 cm³/mol. The first-order valence-electron chi connectivity index (χ1n) is 10.6. The molecule has 3 aromatic rings. The number of hydrogen-bond acceptors (Lipinski definition) is 4. The third-order valence-electron chi connectivity index (χ3n) is 5.43. The van der Waals surface area contributed by atoms with Crippen LogP contribution in [0.2, 0.25) is 0 Å². The molecule has 1 amide bonds. The fourth-order valence-corrected chi connectivity index (χ4v) is 5.05. The number of rotatable bonds is 8. The molecule has 0 radical (unpaired) electrons. The van der Waals surface area contributed by atoms with Gasteiger partial charge in [0.2, 0.25) is 5.91 Å². The van der Waals surface area contributed by atoms with Gasteiger partial charge in [-0.05, 0) is 75.1 Å². The van der Waals surface area contributed by atoms with Crippen molar-refractivity contribution in [2.75, 3.05) is 10.9 Å². The third-order valence-corrected chi connectivity index (χ3v) is 7.17. The van der Waals surface area contributed by atoms with Gasteiger partial charge < -0.3 is 4.74 Å². The van der Waals surface area contributed by atoms with Crippen LogP contribution in [0.5, 0.6) is 5.75 Å². The van der Waals surface area contributed by atoms with Crippen molar-refractivity contribution >= 4 is 21.6 Å². The lowest BCUT2D eigenvalue weighted by Crippen LogP contribution is -2.37. The molecular weight excluding hydrogens is 422 g/mol. The minimum atomic E-state index is -4.05. The van der Waals surface area contributed by atoms with Crippen LogP contribution in [0.1, 0.15) is 35.1 Å². The Morgan fingerprint density at radius 1 is 0.875 bits per heavy atom. The van der Waals surface area contributed by atoms with E-state index in [4.69, 9.17) is 4.74 Å². The number of nitrogens with zero attached hydrogens (tertiary/aromatic N) is 1. The number of anilines is 1. The second kappa shape index (κ2) is 10.0. The summed E-state index contributed by atoms with van der Waals surface area (Å²) in [6.45, 7) is 8.04. The summed E-state index contributed by atoms with van der Waals surface area (Å²) in [5.74, 6) is 0.290. The first-order chi connectivity index (χ1) is 15.2. The summed E-state index contributed by atoms with van der Waals surface area (Å²) in [6, 6.07) is 19.3. The molecule has 0 saturated carbocycles. The van der Waals surface area contributed by atoms with E-state index in [1.165, 1.54) is 12.1 Å². The zero-order valence-electron chi connectivity index (χ0n) is 19.0. The molecule has 0 fully saturated rings. The van der Waals surface area contributed by atoms with Crippen LogP contribution in [0.25, 0.3) is 0 Å². The first-order valence-corrected chi connectivity index (χ1v) is 12.1. The number of amides is 1. The Kier molecular flexibility index (Phi) is 7.36. The highest BCUT2D eigenvalue weighted by Crippen LogP contribution is 2.29. The number of sulfonamides is 1. The molecule has 0 aliphatic rings. The Morgan fingerprint density at radius 2 is 1.59 bits per heavy atom. The topological polar surface area (TPSA) is 63.7 Å². The smallest absolute Gasteiger partial charge is 0.270 e. The van der Waals surface area contributed by atoms with E-state index >= 15 is 0 Å². The molecule has 0 heterocycles. The highest BCUT2D eigenvalue weighted by molar-refractivity contribution is 7.93. The van der Waals surface area contributed by atoms with Gasteiger partial charge in [-0.25, -0.2) is 12.7 Å². The molecule has 0 saturated heterocycles. The Balaban J connectivity index is 1.82. The fourth-order valence-electron chi connectivity index (χ4n) is 3.52. The number of carbonyl (C=O) groups is 1. The summed E-state index contributed by atoms with van der Waals surface area (Å²) in [5, 5.41) is 0. The van der Waals surface area contributed by atoms with Crippen molar-refractivity contribution in [1.82, 2.24) is 0 Å². The van der Waals surface area contributed by atoms with Crippen LogP contribution in [0, 0.1) is 27.7 Å². The molecule has 168 valence electrons. The quantitative estimate of drug-likeness (QED) is 0.424. The highest BCUT2D eigenvalue weighted by atomic mass is 32.2. The van der Waals surface area contributed by atoms with Crippen LogP contribution < -0.4 is 9.04 Å². The van der Waals surface area contributed by atoms with Crippen molar-refractivity contribution in [3.05, 3.63) is 89.0 Å². The van der Waals surface area contributed by atoms with E-state index in [1.807, 2.05) is 52.0 Å². The summed E-state index contributed by atoms with van der Waals surface area (Å²) in [7, 11) is -4.05. The molecule has 0 aliphatic heterocycles. The molecule has 0 spiro atoms. The first kappa shape index (κ1) is 23.5. The van der Waals surface area contributed by atoms with E-state index in [9.17, 15) is 13.2 Å². The van der Waals surface area contributed by atoms with Crippen molar-refractivity contribution in [3.8, 4) is 5.75 Å². The lowest BCUT2D eigenvalue weighted by molar-refractivity contribution is -0.117. The molecule has 3 rings (SSSR count). The molecule has 0 unspecified atom stereocenters. The van der Waals surface area contributed by atoms with Gasteiger partial charge in [0.1, 0.15) is 5.75 Å². The second-order valence-corrected chi connectivity index (χ2v) is 9.70. The number of benzene rings is 3. The maximum Gasteiger partial charge on any atom is 0.270 e. The molecule has 3 aromatic carbocycles. The normalized spacial score (nSPS) is 11.2. The zero-order chi connectivity index (χ0) is 23.3. The summed E-state index contributed by atoms with van der Waals surface area (Å²) in [5.41, 5.74) is 4.24. The predicted octanol–water partition coefficient (Wildman–Crippen LogP) is 5.50. The summed E-state index contributed by atoms with van der Waals surface area (Å²) < 4.78 is 33.7. The van der Waals surface area contributed by atoms with Crippen molar-refractivity contribution in [1.29, 1.82) is 0 Å². The molecule has 32 heavy (non-hydrogen) atoms. The second-order valence-electron chi connectivity index (χ2n) is 7.92. The average molecular weight is 452 g/mol. The van der Waals surface area contributed by atoms with Gasteiger partial charge >= 0.3 is 0 Å². The molecular formula is C26H29NO4S. The lowest BCUT2D eigenvalue weighted by Gasteiger charge is -2.25. The van der Waals surface area contributed by atoms with Crippen LogP contribution in [0.3, 0.4) is 0 Å². The molecule has 6 heteroatoms. The molecule has 5 nitrogen and oxygen atoms in total. The van der Waals surface area contributed by atoms with Crippen molar-refractivity contribution in [2.24, 2.45) is 0 Å². The summed E-state index contributed by atoms with van der Waals surface area (Å²) in [6.07, 6.45) is 0.447. The van der Waals surface area contributed by atoms with Crippen LogP contribution in [0.15, 0.2) is 71.6 Å². The highest BCUT2D eigenvalue weighted by Gasteiger charge is 2.31. The standard InChI is InChI=1S/C26H29NO4S/c1-19-15-16-25(21(3)18-19)31-17-9-14-26(28)27(24-13-8-10-20(2)22(24)4)32(29,30)23-11-6-5-7-12-23/h5-8,10-13,15-16,18H,9,14,17H2,1-4H3. The van der Waals surface area contributed by atoms with Gasteiger partial charge in [0, 0.05) is 6.42 Å². The molecule has 0 aliphatic carbocycles. The van der Waals surface area contributed by atoms with Crippen molar-refractivity contribution < 1.29 is 17.9 Å². The van der Waals surface area contributed by atoms with Gasteiger partial charge in [-0.3, -0.25) is 4.79 Å². The van der Waals surface area contributed by atoms with Crippen molar-refractivity contribution in [3.63, 3.8) is 0 Å². The fraction of sp³-hybridized carbons (Fsp3) is 0.269. The largest absolute Gasteiger partial charge is 0.493 e. The zero-order valence-corrected chi connectivity index (χ0v) is 19.8. The molecule has 0 N–H and O–H groups in total. The molecule has 0 bridgehead atoms. The Morgan fingerprint density at radius 3 is 2.28 bits per heavy atom. The Bertz CT molecular complexity index is 1200. The van der Waals surface area contributed by atoms with E-state index in [1.54, 1.807) is 30.3 Å². The number of carbonyl (C=O) groups excluding carboxylic acids is 1. The van der Waals surface area contributed by atoms with Crippen LogP contribution in [0.4, 0.5) is 5.69 Å². The maximum absolute atomic E-state index is 13.4. The minimum absolute atomic E-state index is 0.0460. The van der Waals surface area contributed by atoms with E-state index < -0.39 is 15.9 Å². The van der Waals surface area contributed by atoms with Crippen LogP contribution >= 0.6 is 0 Å². The monoisotopic (exact) mass is 451 g/mol. The maximum atomic E-state index is 13.4. The van der Waals surface area contributed by atoms with Crippen LogP contribution in [-0.2, 0) is 14.8 Å². The Hall–Kier alpha value is -3.12. The van der Waals surface area contributed by atoms with E-state index in [2.05, 4.69) is 0 Å². The van der Waals surface area contributed by atoms with E-state index in [-0.39, 0.29) is 11.3 Å². The van der Waals surface area contributed by atoms with Gasteiger partial charge in [0.05, 0.1) is 17.2 Å². The van der Waals surface area contributed by atoms with Crippen LogP contribution in [-0.4, -0.2) is 20.9 Å².